The van der Waals surface area contributed by atoms with E-state index in [-0.39, 0.29) is 18.5 Å². The Morgan fingerprint density at radius 2 is 2.28 bits per heavy atom. The molecule has 0 spiro atoms. The fraction of sp³-hybridized carbons (Fsp3) is 0.231. The van der Waals surface area contributed by atoms with Crippen molar-refractivity contribution >= 4 is 17.5 Å². The number of nitrogens with zero attached hydrogens (tertiary/aromatic N) is 2. The van der Waals surface area contributed by atoms with Crippen molar-refractivity contribution in [2.45, 2.75) is 19.5 Å². The van der Waals surface area contributed by atoms with E-state index in [1.54, 1.807) is 23.3 Å². The summed E-state index contributed by atoms with van der Waals surface area (Å²) >= 11 is 6.08. The maximum atomic E-state index is 11.8. The molecule has 0 fully saturated rings. The number of amides is 1. The Bertz CT molecular complexity index is 525. The van der Waals surface area contributed by atoms with Gasteiger partial charge in [0.15, 0.2) is 0 Å². The van der Waals surface area contributed by atoms with E-state index >= 15 is 0 Å². The first-order valence-corrected chi connectivity index (χ1v) is 6.04. The largest absolute Gasteiger partial charge is 0.348 e. The van der Waals surface area contributed by atoms with Gasteiger partial charge in [-0.25, -0.2) is 4.98 Å². The molecule has 4 nitrogen and oxygen atoms in total. The van der Waals surface area contributed by atoms with Gasteiger partial charge < -0.3 is 9.88 Å². The van der Waals surface area contributed by atoms with Gasteiger partial charge in [-0.2, -0.15) is 0 Å². The Balaban J connectivity index is 1.97. The van der Waals surface area contributed by atoms with Gasteiger partial charge in [0.05, 0.1) is 12.4 Å². The second kappa shape index (κ2) is 5.69. The molecule has 2 rings (SSSR count). The molecule has 0 bridgehead atoms. The number of carbonyl (C=O) groups excluding carboxylic acids is 1. The Morgan fingerprint density at radius 1 is 1.50 bits per heavy atom. The first-order valence-electron chi connectivity index (χ1n) is 5.66. The van der Waals surface area contributed by atoms with Crippen LogP contribution in [0.1, 0.15) is 18.5 Å². The van der Waals surface area contributed by atoms with E-state index in [1.807, 2.05) is 31.2 Å². The molecule has 0 aliphatic carbocycles. The van der Waals surface area contributed by atoms with Crippen molar-refractivity contribution in [3.63, 3.8) is 0 Å². The zero-order valence-electron chi connectivity index (χ0n) is 10.0. The monoisotopic (exact) mass is 263 g/mol. The van der Waals surface area contributed by atoms with Gasteiger partial charge in [0.2, 0.25) is 5.91 Å². The SMILES string of the molecule is C[C@H](NC(=O)Cn1ccnc1)c1ccccc1Cl. The van der Waals surface area contributed by atoms with Crippen LogP contribution in [0.2, 0.25) is 5.02 Å². The highest BCUT2D eigenvalue weighted by molar-refractivity contribution is 6.31. The van der Waals surface area contributed by atoms with Crippen molar-refractivity contribution in [1.29, 1.82) is 0 Å². The average Bonchev–Trinajstić information content (AvgIpc) is 2.82. The molecule has 0 saturated carbocycles. The number of benzene rings is 1. The van der Waals surface area contributed by atoms with E-state index in [4.69, 9.17) is 11.6 Å². The van der Waals surface area contributed by atoms with Crippen LogP contribution in [0.25, 0.3) is 0 Å². The maximum absolute atomic E-state index is 11.8. The van der Waals surface area contributed by atoms with Crippen molar-refractivity contribution in [3.8, 4) is 0 Å². The second-order valence-corrected chi connectivity index (χ2v) is 4.45. The first kappa shape index (κ1) is 12.6. The number of carbonyl (C=O) groups is 1. The second-order valence-electron chi connectivity index (χ2n) is 4.05. The van der Waals surface area contributed by atoms with Crippen molar-refractivity contribution in [3.05, 3.63) is 53.6 Å². The molecule has 0 aliphatic heterocycles. The van der Waals surface area contributed by atoms with Crippen molar-refractivity contribution < 1.29 is 4.79 Å². The zero-order chi connectivity index (χ0) is 13.0. The number of rotatable bonds is 4. The lowest BCUT2D eigenvalue weighted by molar-refractivity contribution is -0.122. The summed E-state index contributed by atoms with van der Waals surface area (Å²) in [6.45, 7) is 2.17. The highest BCUT2D eigenvalue weighted by Crippen LogP contribution is 2.21. The predicted octanol–water partition coefficient (Wildman–Crippen LogP) is 2.41. The molecule has 1 atom stereocenters. The van der Waals surface area contributed by atoms with Crippen molar-refractivity contribution in [2.75, 3.05) is 0 Å². The lowest BCUT2D eigenvalue weighted by Crippen LogP contribution is -2.29. The molecule has 1 aromatic carbocycles. The molecule has 1 heterocycles. The molecule has 1 aromatic heterocycles. The molecule has 1 amide bonds. The van der Waals surface area contributed by atoms with E-state index in [1.165, 1.54) is 0 Å². The number of aromatic nitrogens is 2. The van der Waals surface area contributed by atoms with Gasteiger partial charge in [-0.15, -0.1) is 0 Å². The summed E-state index contributed by atoms with van der Waals surface area (Å²) in [5, 5.41) is 3.56. The van der Waals surface area contributed by atoms with Gasteiger partial charge in [0, 0.05) is 17.4 Å². The van der Waals surface area contributed by atoms with Crippen LogP contribution >= 0.6 is 11.6 Å². The third-order valence-electron chi connectivity index (χ3n) is 2.63. The van der Waals surface area contributed by atoms with E-state index in [2.05, 4.69) is 10.3 Å². The van der Waals surface area contributed by atoms with Crippen LogP contribution in [0.5, 0.6) is 0 Å². The van der Waals surface area contributed by atoms with Gasteiger partial charge in [0.1, 0.15) is 6.54 Å². The molecule has 18 heavy (non-hydrogen) atoms. The van der Waals surface area contributed by atoms with Crippen LogP contribution in [0.4, 0.5) is 0 Å². The number of imidazole rings is 1. The summed E-state index contributed by atoms with van der Waals surface area (Å²) in [5.74, 6) is -0.0691. The van der Waals surface area contributed by atoms with E-state index in [0.717, 1.165) is 5.56 Å². The van der Waals surface area contributed by atoms with Crippen LogP contribution in [-0.4, -0.2) is 15.5 Å². The smallest absolute Gasteiger partial charge is 0.240 e. The van der Waals surface area contributed by atoms with Gasteiger partial charge >= 0.3 is 0 Å². The van der Waals surface area contributed by atoms with Crippen LogP contribution < -0.4 is 5.32 Å². The van der Waals surface area contributed by atoms with Crippen LogP contribution in [0, 0.1) is 0 Å². The topological polar surface area (TPSA) is 46.9 Å². The molecule has 0 unspecified atom stereocenters. The Kier molecular flexibility index (Phi) is 3.99. The van der Waals surface area contributed by atoms with Crippen LogP contribution in [0.3, 0.4) is 0 Å². The first-order chi connectivity index (χ1) is 8.66. The fourth-order valence-corrected chi connectivity index (χ4v) is 2.04. The number of hydrogen-bond donors (Lipinski definition) is 1. The molecule has 0 aliphatic rings. The van der Waals surface area contributed by atoms with E-state index in [0.29, 0.717) is 5.02 Å². The Labute approximate surface area is 111 Å². The normalized spacial score (nSPS) is 12.1. The van der Waals surface area contributed by atoms with Crippen molar-refractivity contribution in [1.82, 2.24) is 14.9 Å². The van der Waals surface area contributed by atoms with E-state index in [9.17, 15) is 4.79 Å². The Hall–Kier alpha value is -1.81. The summed E-state index contributed by atoms with van der Waals surface area (Å²) in [4.78, 5) is 15.7. The minimum absolute atomic E-state index is 0.0691. The molecule has 5 heteroatoms. The van der Waals surface area contributed by atoms with E-state index < -0.39 is 0 Å². The average molecular weight is 264 g/mol. The molecule has 94 valence electrons. The van der Waals surface area contributed by atoms with Gasteiger partial charge in [-0.1, -0.05) is 29.8 Å². The van der Waals surface area contributed by atoms with Gasteiger partial charge in [-0.3, -0.25) is 4.79 Å². The minimum Gasteiger partial charge on any atom is -0.348 e. The van der Waals surface area contributed by atoms with Crippen LogP contribution in [0.15, 0.2) is 43.0 Å². The summed E-state index contributed by atoms with van der Waals surface area (Å²) in [6.07, 6.45) is 5.00. The number of nitrogens with one attached hydrogen (secondary N) is 1. The zero-order valence-corrected chi connectivity index (χ0v) is 10.8. The number of hydrogen-bond acceptors (Lipinski definition) is 2. The highest BCUT2D eigenvalue weighted by Gasteiger charge is 2.12. The third-order valence-corrected chi connectivity index (χ3v) is 2.98. The molecular weight excluding hydrogens is 250 g/mol. The standard InChI is InChI=1S/C13H14ClN3O/c1-10(11-4-2-3-5-12(11)14)16-13(18)8-17-7-6-15-9-17/h2-7,9-10H,8H2,1H3,(H,16,18)/t10-/m0/s1. The molecule has 2 aromatic rings. The quantitative estimate of drug-likeness (QED) is 0.921. The summed E-state index contributed by atoms with van der Waals surface area (Å²) in [6, 6.07) is 7.38. The minimum atomic E-state index is -0.116. The predicted molar refractivity (Wildman–Crippen MR) is 70.2 cm³/mol. The Morgan fingerprint density at radius 3 is 2.94 bits per heavy atom. The lowest BCUT2D eigenvalue weighted by Gasteiger charge is -2.15. The summed E-state index contributed by atoms with van der Waals surface area (Å²) in [5.41, 5.74) is 0.915. The highest BCUT2D eigenvalue weighted by atomic mass is 35.5. The number of halogens is 1. The van der Waals surface area contributed by atoms with Gasteiger partial charge in [-0.05, 0) is 18.6 Å². The molecular formula is C13H14ClN3O. The summed E-state index contributed by atoms with van der Waals surface area (Å²) < 4.78 is 1.72. The fourth-order valence-electron chi connectivity index (χ4n) is 1.74. The third kappa shape index (κ3) is 3.11. The van der Waals surface area contributed by atoms with Gasteiger partial charge in [0.25, 0.3) is 0 Å². The van der Waals surface area contributed by atoms with Crippen molar-refractivity contribution in [2.24, 2.45) is 0 Å². The molecule has 0 radical (unpaired) electrons. The lowest BCUT2D eigenvalue weighted by atomic mass is 10.1. The molecule has 0 saturated heterocycles. The summed E-state index contributed by atoms with van der Waals surface area (Å²) in [7, 11) is 0. The molecule has 1 N–H and O–H groups in total. The maximum Gasteiger partial charge on any atom is 0.240 e. The van der Waals surface area contributed by atoms with Crippen LogP contribution in [-0.2, 0) is 11.3 Å².